The number of hydrogen-bond donors (Lipinski definition) is 1. The van der Waals surface area contributed by atoms with Crippen LogP contribution in [0.4, 0.5) is 0 Å². The summed E-state index contributed by atoms with van der Waals surface area (Å²) in [7, 11) is 0. The summed E-state index contributed by atoms with van der Waals surface area (Å²) in [5, 5.41) is 12.6. The summed E-state index contributed by atoms with van der Waals surface area (Å²) in [6.07, 6.45) is 4.79. The molecule has 1 aliphatic carbocycles. The van der Waals surface area contributed by atoms with Crippen LogP contribution >= 0.6 is 27.7 Å². The van der Waals surface area contributed by atoms with Gasteiger partial charge < -0.3 is 9.88 Å². The summed E-state index contributed by atoms with van der Waals surface area (Å²) in [6, 6.07) is 8.35. The highest BCUT2D eigenvalue weighted by Gasteiger charge is 2.23. The number of nitrogens with zero attached hydrogens (tertiary/aromatic N) is 3. The quantitative estimate of drug-likeness (QED) is 0.676. The predicted octanol–water partition coefficient (Wildman–Crippen LogP) is 4.51. The van der Waals surface area contributed by atoms with Crippen molar-refractivity contribution in [2.24, 2.45) is 5.92 Å². The van der Waals surface area contributed by atoms with E-state index in [4.69, 9.17) is 0 Å². The molecule has 0 saturated heterocycles. The van der Waals surface area contributed by atoms with Crippen LogP contribution in [0.15, 0.2) is 33.9 Å². The zero-order chi connectivity index (χ0) is 18.5. The lowest BCUT2D eigenvalue weighted by Crippen LogP contribution is -2.41. The molecule has 1 amide bonds. The van der Waals surface area contributed by atoms with Crippen molar-refractivity contribution in [3.05, 3.63) is 28.7 Å². The summed E-state index contributed by atoms with van der Waals surface area (Å²) in [5.41, 5.74) is 1.02. The maximum Gasteiger partial charge on any atom is 0.230 e. The second-order valence-electron chi connectivity index (χ2n) is 6.78. The molecular weight excluding hydrogens is 412 g/mol. The van der Waals surface area contributed by atoms with E-state index in [-0.39, 0.29) is 5.91 Å². The number of benzene rings is 1. The summed E-state index contributed by atoms with van der Waals surface area (Å²) < 4.78 is 3.09. The van der Waals surface area contributed by atoms with E-state index in [1.807, 2.05) is 24.3 Å². The molecule has 0 aliphatic heterocycles. The minimum atomic E-state index is 0.0876. The van der Waals surface area contributed by atoms with Gasteiger partial charge in [0.05, 0.1) is 5.75 Å². The first kappa shape index (κ1) is 19.4. The summed E-state index contributed by atoms with van der Waals surface area (Å²) >= 11 is 4.91. The molecular formula is C19H25BrN4OS. The lowest BCUT2D eigenvalue weighted by atomic mass is 9.86. The van der Waals surface area contributed by atoms with Crippen molar-refractivity contribution in [1.82, 2.24) is 20.1 Å². The molecule has 3 rings (SSSR count). The van der Waals surface area contributed by atoms with Crippen molar-refractivity contribution in [2.45, 2.75) is 57.3 Å². The maximum absolute atomic E-state index is 12.3. The van der Waals surface area contributed by atoms with Gasteiger partial charge in [0, 0.05) is 22.6 Å². The second-order valence-corrected chi connectivity index (χ2v) is 8.64. The maximum atomic E-state index is 12.3. The fraction of sp³-hybridized carbons (Fsp3) is 0.526. The number of carbonyl (C=O) groups excluding carboxylic acids is 1. The lowest BCUT2D eigenvalue weighted by Gasteiger charge is -2.29. The molecule has 2 aromatic rings. The molecule has 1 heterocycles. The third-order valence-corrected chi connectivity index (χ3v) is 6.42. The van der Waals surface area contributed by atoms with E-state index in [0.29, 0.717) is 17.7 Å². The minimum absolute atomic E-state index is 0.0876. The van der Waals surface area contributed by atoms with E-state index in [1.165, 1.54) is 31.0 Å². The van der Waals surface area contributed by atoms with Gasteiger partial charge in [0.25, 0.3) is 0 Å². The molecule has 140 valence electrons. The van der Waals surface area contributed by atoms with E-state index in [9.17, 15) is 4.79 Å². The monoisotopic (exact) mass is 436 g/mol. The molecule has 0 unspecified atom stereocenters. The SMILES string of the molecule is CCn1c(SCC(=O)N[C@H]2CCCC[C@H]2C)nnc1-c1ccc(Br)cc1. The number of aromatic nitrogens is 3. The lowest BCUT2D eigenvalue weighted by molar-refractivity contribution is -0.119. The number of halogens is 1. The summed E-state index contributed by atoms with van der Waals surface area (Å²) in [6.45, 7) is 5.07. The van der Waals surface area contributed by atoms with E-state index >= 15 is 0 Å². The topological polar surface area (TPSA) is 59.8 Å². The summed E-state index contributed by atoms with van der Waals surface area (Å²) in [4.78, 5) is 12.3. The number of nitrogens with one attached hydrogen (secondary N) is 1. The highest BCUT2D eigenvalue weighted by Crippen LogP contribution is 2.26. The number of thioether (sulfide) groups is 1. The number of rotatable bonds is 6. The largest absolute Gasteiger partial charge is 0.352 e. The Bertz CT molecular complexity index is 746. The highest BCUT2D eigenvalue weighted by molar-refractivity contribution is 9.10. The van der Waals surface area contributed by atoms with Crippen molar-refractivity contribution in [3.8, 4) is 11.4 Å². The van der Waals surface area contributed by atoms with Crippen LogP contribution in [0.3, 0.4) is 0 Å². The smallest absolute Gasteiger partial charge is 0.230 e. The Labute approximate surface area is 167 Å². The first-order valence-electron chi connectivity index (χ1n) is 9.19. The van der Waals surface area contributed by atoms with Crippen molar-refractivity contribution >= 4 is 33.6 Å². The van der Waals surface area contributed by atoms with Crippen molar-refractivity contribution in [3.63, 3.8) is 0 Å². The van der Waals surface area contributed by atoms with Gasteiger partial charge in [-0.05, 0) is 37.8 Å². The molecule has 1 aromatic carbocycles. The zero-order valence-electron chi connectivity index (χ0n) is 15.2. The average molecular weight is 437 g/mol. The molecule has 0 bridgehead atoms. The van der Waals surface area contributed by atoms with Crippen LogP contribution in [0, 0.1) is 5.92 Å². The Morgan fingerprint density at radius 2 is 2.00 bits per heavy atom. The highest BCUT2D eigenvalue weighted by atomic mass is 79.9. The van der Waals surface area contributed by atoms with Gasteiger partial charge in [-0.1, -0.05) is 59.6 Å². The number of amides is 1. The Morgan fingerprint density at radius 1 is 1.27 bits per heavy atom. The van der Waals surface area contributed by atoms with E-state index in [1.54, 1.807) is 0 Å². The molecule has 0 spiro atoms. The Kier molecular flexibility index (Phi) is 6.75. The Balaban J connectivity index is 1.63. The third-order valence-electron chi connectivity index (χ3n) is 4.93. The molecule has 1 aliphatic rings. The van der Waals surface area contributed by atoms with Crippen molar-refractivity contribution in [2.75, 3.05) is 5.75 Å². The minimum Gasteiger partial charge on any atom is -0.352 e. The van der Waals surface area contributed by atoms with Crippen LogP contribution < -0.4 is 5.32 Å². The molecule has 1 fully saturated rings. The second kappa shape index (κ2) is 9.04. The normalized spacial score (nSPS) is 20.1. The van der Waals surface area contributed by atoms with Gasteiger partial charge in [-0.15, -0.1) is 10.2 Å². The molecule has 7 heteroatoms. The van der Waals surface area contributed by atoms with Gasteiger partial charge in [0.15, 0.2) is 11.0 Å². The molecule has 1 saturated carbocycles. The summed E-state index contributed by atoms with van der Waals surface area (Å²) in [5.74, 6) is 1.87. The third kappa shape index (κ3) is 4.68. The van der Waals surface area contributed by atoms with Gasteiger partial charge in [-0.2, -0.15) is 0 Å². The zero-order valence-corrected chi connectivity index (χ0v) is 17.6. The standard InChI is InChI=1S/C19H25BrN4OS/c1-3-24-18(14-8-10-15(20)11-9-14)22-23-19(24)26-12-17(25)21-16-7-5-4-6-13(16)2/h8-11,13,16H,3-7,12H2,1-2H3,(H,21,25)/t13-,16+/m1/s1. The van der Waals surface area contributed by atoms with E-state index in [0.717, 1.165) is 34.0 Å². The predicted molar refractivity (Wildman–Crippen MR) is 109 cm³/mol. The van der Waals surface area contributed by atoms with Crippen LogP contribution in [0.25, 0.3) is 11.4 Å². The van der Waals surface area contributed by atoms with Gasteiger partial charge in [0.2, 0.25) is 5.91 Å². The Morgan fingerprint density at radius 3 is 2.69 bits per heavy atom. The van der Waals surface area contributed by atoms with E-state index in [2.05, 4.69) is 49.9 Å². The van der Waals surface area contributed by atoms with Gasteiger partial charge in [-0.25, -0.2) is 0 Å². The molecule has 5 nitrogen and oxygen atoms in total. The first-order valence-corrected chi connectivity index (χ1v) is 11.0. The molecule has 26 heavy (non-hydrogen) atoms. The van der Waals surface area contributed by atoms with Gasteiger partial charge in [-0.3, -0.25) is 4.79 Å². The average Bonchev–Trinajstić information content (AvgIpc) is 3.05. The van der Waals surface area contributed by atoms with Crippen LogP contribution in [-0.2, 0) is 11.3 Å². The van der Waals surface area contributed by atoms with Crippen molar-refractivity contribution < 1.29 is 4.79 Å². The molecule has 1 aromatic heterocycles. The van der Waals surface area contributed by atoms with Crippen LogP contribution in [0.5, 0.6) is 0 Å². The number of hydrogen-bond acceptors (Lipinski definition) is 4. The van der Waals surface area contributed by atoms with Gasteiger partial charge >= 0.3 is 0 Å². The first-order chi connectivity index (χ1) is 12.6. The van der Waals surface area contributed by atoms with Crippen LogP contribution in [0.2, 0.25) is 0 Å². The molecule has 0 radical (unpaired) electrons. The van der Waals surface area contributed by atoms with Crippen LogP contribution in [0.1, 0.15) is 39.5 Å². The number of carbonyl (C=O) groups is 1. The molecule has 1 N–H and O–H groups in total. The Hall–Kier alpha value is -1.34. The van der Waals surface area contributed by atoms with Gasteiger partial charge in [0.1, 0.15) is 0 Å². The fourth-order valence-electron chi connectivity index (χ4n) is 3.40. The van der Waals surface area contributed by atoms with Crippen molar-refractivity contribution in [1.29, 1.82) is 0 Å². The van der Waals surface area contributed by atoms with E-state index < -0.39 is 0 Å². The van der Waals surface area contributed by atoms with Crippen LogP contribution in [-0.4, -0.2) is 32.5 Å². The molecule has 2 atom stereocenters. The fourth-order valence-corrected chi connectivity index (χ4v) is 4.48.